The lowest BCUT2D eigenvalue weighted by Crippen LogP contribution is -2.31. The summed E-state index contributed by atoms with van der Waals surface area (Å²) >= 11 is 6.23. The number of fused-ring (bicyclic) bond motifs is 3. The largest absolute Gasteiger partial charge is 0.416 e. The molecule has 0 spiro atoms. The van der Waals surface area contributed by atoms with Gasteiger partial charge in [-0.25, -0.2) is 0 Å². The molecule has 4 nitrogen and oxygen atoms in total. The maximum absolute atomic E-state index is 13.5. The number of rotatable bonds is 2. The summed E-state index contributed by atoms with van der Waals surface area (Å²) in [4.78, 5) is 10.4. The van der Waals surface area contributed by atoms with Crippen LogP contribution in [0.4, 0.5) is 24.5 Å². The van der Waals surface area contributed by atoms with Crippen molar-refractivity contribution in [3.8, 4) is 0 Å². The molecule has 2 aromatic carbocycles. The summed E-state index contributed by atoms with van der Waals surface area (Å²) in [7, 11) is 0. The van der Waals surface area contributed by atoms with Gasteiger partial charge < -0.3 is 5.32 Å². The topological polar surface area (TPSA) is 55.2 Å². The van der Waals surface area contributed by atoms with E-state index >= 15 is 0 Å². The molecule has 2 aliphatic rings. The molecule has 140 valence electrons. The van der Waals surface area contributed by atoms with Crippen molar-refractivity contribution in [2.45, 2.75) is 24.6 Å². The summed E-state index contributed by atoms with van der Waals surface area (Å²) < 4.78 is 40.6. The van der Waals surface area contributed by atoms with Gasteiger partial charge in [-0.3, -0.25) is 10.1 Å². The Kier molecular flexibility index (Phi) is 4.14. The predicted molar refractivity (Wildman–Crippen MR) is 95.9 cm³/mol. The average molecular weight is 395 g/mol. The molecule has 0 saturated heterocycles. The Morgan fingerprint density at radius 3 is 2.48 bits per heavy atom. The zero-order valence-corrected chi connectivity index (χ0v) is 14.6. The van der Waals surface area contributed by atoms with Gasteiger partial charge in [0, 0.05) is 18.1 Å². The van der Waals surface area contributed by atoms with Crippen LogP contribution in [0.15, 0.2) is 48.6 Å². The van der Waals surface area contributed by atoms with Gasteiger partial charge in [0.05, 0.1) is 27.2 Å². The number of hydrogen-bond acceptors (Lipinski definition) is 3. The Bertz CT molecular complexity index is 941. The Balaban J connectivity index is 1.82. The number of nitro groups is 1. The predicted octanol–water partition coefficient (Wildman–Crippen LogP) is 6.09. The van der Waals surface area contributed by atoms with E-state index in [0.717, 1.165) is 11.6 Å². The first-order chi connectivity index (χ1) is 12.8. The number of anilines is 1. The lowest BCUT2D eigenvalue weighted by atomic mass is 9.75. The van der Waals surface area contributed by atoms with Gasteiger partial charge in [-0.2, -0.15) is 13.2 Å². The van der Waals surface area contributed by atoms with Crippen LogP contribution in [0.25, 0.3) is 0 Å². The van der Waals surface area contributed by atoms with Crippen LogP contribution in [0.3, 0.4) is 0 Å². The van der Waals surface area contributed by atoms with Crippen molar-refractivity contribution in [1.82, 2.24) is 0 Å². The second kappa shape index (κ2) is 6.27. The highest BCUT2D eigenvalue weighted by atomic mass is 35.5. The molecule has 1 N–H and O–H groups in total. The molecule has 0 saturated carbocycles. The molecule has 0 amide bonds. The Labute approximate surface area is 157 Å². The molecule has 0 unspecified atom stereocenters. The van der Waals surface area contributed by atoms with E-state index in [9.17, 15) is 23.3 Å². The highest BCUT2D eigenvalue weighted by Gasteiger charge is 2.44. The zero-order valence-electron chi connectivity index (χ0n) is 13.8. The Hall–Kier alpha value is -2.54. The minimum absolute atomic E-state index is 0.0338. The monoisotopic (exact) mass is 394 g/mol. The van der Waals surface area contributed by atoms with Gasteiger partial charge in [-0.05, 0) is 35.6 Å². The molecule has 1 aliphatic carbocycles. The molecule has 1 heterocycles. The average Bonchev–Trinajstić information content (AvgIpc) is 3.10. The van der Waals surface area contributed by atoms with Gasteiger partial charge in [0.2, 0.25) is 0 Å². The van der Waals surface area contributed by atoms with E-state index in [1.807, 2.05) is 6.08 Å². The number of alkyl halides is 3. The van der Waals surface area contributed by atoms with Crippen LogP contribution in [0.2, 0.25) is 5.02 Å². The van der Waals surface area contributed by atoms with Gasteiger partial charge >= 0.3 is 6.18 Å². The number of nitrogens with one attached hydrogen (secondary N) is 1. The number of benzene rings is 2. The quantitative estimate of drug-likeness (QED) is 0.380. The molecule has 1 aliphatic heterocycles. The third-order valence-corrected chi connectivity index (χ3v) is 5.55. The smallest absolute Gasteiger partial charge is 0.376 e. The normalized spacial score (nSPS) is 23.5. The van der Waals surface area contributed by atoms with Crippen molar-refractivity contribution < 1.29 is 18.1 Å². The fraction of sp³-hybridized carbons (Fsp3) is 0.263. The standard InChI is InChI=1S/C19H14ClF3N2O2/c20-15-9-8-14(19(21,22)23)16-12-2-1-3-13(12)17(24-18(15)16)10-4-6-11(7-5-10)25(26)27/h1-2,4-9,12-13,17,24H,3H2/t12-,13-,17+/m1/s1. The van der Waals surface area contributed by atoms with E-state index in [2.05, 4.69) is 5.32 Å². The van der Waals surface area contributed by atoms with Gasteiger partial charge in [0.1, 0.15) is 0 Å². The van der Waals surface area contributed by atoms with Crippen molar-refractivity contribution >= 4 is 23.0 Å². The number of halogens is 4. The maximum atomic E-state index is 13.5. The maximum Gasteiger partial charge on any atom is 0.416 e. The summed E-state index contributed by atoms with van der Waals surface area (Å²) in [6.45, 7) is 0. The van der Waals surface area contributed by atoms with Crippen LogP contribution in [0.1, 0.15) is 35.1 Å². The van der Waals surface area contributed by atoms with Gasteiger partial charge in [0.15, 0.2) is 0 Å². The molecule has 3 atom stereocenters. The fourth-order valence-corrected chi connectivity index (χ4v) is 4.27. The van der Waals surface area contributed by atoms with Crippen molar-refractivity contribution in [2.24, 2.45) is 5.92 Å². The molecule has 0 fully saturated rings. The number of non-ortho nitro benzene ring substituents is 1. The molecular formula is C19H14ClF3N2O2. The third-order valence-electron chi connectivity index (χ3n) is 5.24. The summed E-state index contributed by atoms with van der Waals surface area (Å²) in [6.07, 6.45) is -0.181. The molecule has 0 aromatic heterocycles. The van der Waals surface area contributed by atoms with Crippen molar-refractivity contribution in [3.05, 3.63) is 80.4 Å². The van der Waals surface area contributed by atoms with Crippen molar-refractivity contribution in [2.75, 3.05) is 5.32 Å². The number of allylic oxidation sites excluding steroid dienone is 2. The van der Waals surface area contributed by atoms with E-state index in [-0.39, 0.29) is 33.9 Å². The van der Waals surface area contributed by atoms with E-state index in [4.69, 9.17) is 11.6 Å². The van der Waals surface area contributed by atoms with Crippen LogP contribution in [0.5, 0.6) is 0 Å². The summed E-state index contributed by atoms with van der Waals surface area (Å²) in [5.74, 6) is -0.546. The van der Waals surface area contributed by atoms with Crippen LogP contribution in [-0.2, 0) is 6.18 Å². The zero-order chi connectivity index (χ0) is 19.3. The van der Waals surface area contributed by atoms with E-state index in [1.54, 1.807) is 18.2 Å². The van der Waals surface area contributed by atoms with E-state index in [1.165, 1.54) is 18.2 Å². The molecule has 0 bridgehead atoms. The molecule has 2 aromatic rings. The lowest BCUT2D eigenvalue weighted by molar-refractivity contribution is -0.384. The molecular weight excluding hydrogens is 381 g/mol. The van der Waals surface area contributed by atoms with Crippen LogP contribution < -0.4 is 5.32 Å². The van der Waals surface area contributed by atoms with Crippen molar-refractivity contribution in [1.29, 1.82) is 0 Å². The highest BCUT2D eigenvalue weighted by Crippen LogP contribution is 2.54. The molecule has 4 rings (SSSR count). The fourth-order valence-electron chi connectivity index (χ4n) is 4.05. The molecule has 27 heavy (non-hydrogen) atoms. The summed E-state index contributed by atoms with van der Waals surface area (Å²) in [5, 5.41) is 14.3. The number of nitrogens with zero attached hydrogens (tertiary/aromatic N) is 1. The van der Waals surface area contributed by atoms with Gasteiger partial charge in [0.25, 0.3) is 5.69 Å². The van der Waals surface area contributed by atoms with Gasteiger partial charge in [-0.15, -0.1) is 0 Å². The molecule has 0 radical (unpaired) electrons. The first kappa shape index (κ1) is 17.9. The first-order valence-electron chi connectivity index (χ1n) is 8.34. The molecule has 8 heteroatoms. The second-order valence-electron chi connectivity index (χ2n) is 6.71. The van der Waals surface area contributed by atoms with Crippen molar-refractivity contribution in [3.63, 3.8) is 0 Å². The van der Waals surface area contributed by atoms with E-state index < -0.39 is 22.6 Å². The Morgan fingerprint density at radius 2 is 1.85 bits per heavy atom. The van der Waals surface area contributed by atoms with E-state index in [0.29, 0.717) is 6.42 Å². The first-order valence-corrected chi connectivity index (χ1v) is 8.72. The van der Waals surface area contributed by atoms with Crippen LogP contribution >= 0.6 is 11.6 Å². The number of hydrogen-bond donors (Lipinski definition) is 1. The summed E-state index contributed by atoms with van der Waals surface area (Å²) in [6, 6.07) is 8.06. The lowest BCUT2D eigenvalue weighted by Gasteiger charge is -2.39. The van der Waals surface area contributed by atoms with Crippen LogP contribution in [0, 0.1) is 16.0 Å². The Morgan fingerprint density at radius 1 is 1.15 bits per heavy atom. The second-order valence-corrected chi connectivity index (χ2v) is 7.11. The van der Waals surface area contributed by atoms with Gasteiger partial charge in [-0.1, -0.05) is 35.9 Å². The minimum atomic E-state index is -4.47. The SMILES string of the molecule is O=[N+]([O-])c1ccc([C@@H]2Nc3c(Cl)ccc(C(F)(F)F)c3[C@@H]3C=CC[C@H]32)cc1. The highest BCUT2D eigenvalue weighted by molar-refractivity contribution is 6.33. The third kappa shape index (κ3) is 2.96. The minimum Gasteiger partial charge on any atom is -0.376 e. The number of nitro benzene ring substituents is 1. The van der Waals surface area contributed by atoms with Crippen LogP contribution in [-0.4, -0.2) is 4.92 Å². The summed E-state index contributed by atoms with van der Waals surface area (Å²) in [5.41, 5.74) is 0.513.